The molecule has 16 heavy (non-hydrogen) atoms. The highest BCUT2D eigenvalue weighted by Crippen LogP contribution is 2.20. The molecule has 1 aromatic carbocycles. The van der Waals surface area contributed by atoms with Crippen LogP contribution in [0, 0.1) is 5.92 Å². The molecule has 0 spiro atoms. The lowest BCUT2D eigenvalue weighted by molar-refractivity contribution is 0.0963. The summed E-state index contributed by atoms with van der Waals surface area (Å²) >= 11 is 5.94. The van der Waals surface area contributed by atoms with Gasteiger partial charge in [-0.3, -0.25) is 4.79 Å². The lowest BCUT2D eigenvalue weighted by atomic mass is 10.1. The van der Waals surface area contributed by atoms with E-state index in [0.717, 1.165) is 12.2 Å². The van der Waals surface area contributed by atoms with Gasteiger partial charge in [0.25, 0.3) is 5.91 Å². The monoisotopic (exact) mass is 240 g/mol. The molecule has 1 rings (SSSR count). The number of hydrogen-bond acceptors (Lipinski definition) is 2. The Morgan fingerprint density at radius 3 is 2.69 bits per heavy atom. The second-order valence-corrected chi connectivity index (χ2v) is 4.46. The number of anilines is 1. The van der Waals surface area contributed by atoms with Gasteiger partial charge in [-0.25, -0.2) is 0 Å². The molecule has 1 aromatic rings. The molecule has 0 aromatic heterocycles. The molecule has 1 amide bonds. The first-order valence-corrected chi connectivity index (χ1v) is 5.68. The zero-order chi connectivity index (χ0) is 12.1. The van der Waals surface area contributed by atoms with Crippen LogP contribution < -0.4 is 10.6 Å². The van der Waals surface area contributed by atoms with E-state index in [0.29, 0.717) is 16.5 Å². The van der Waals surface area contributed by atoms with Crippen molar-refractivity contribution >= 4 is 23.2 Å². The molecule has 0 aliphatic heterocycles. The molecule has 0 aliphatic carbocycles. The normalized spacial score (nSPS) is 10.3. The van der Waals surface area contributed by atoms with Crippen LogP contribution in [0.3, 0.4) is 0 Å². The van der Waals surface area contributed by atoms with Crippen molar-refractivity contribution in [3.8, 4) is 0 Å². The first-order chi connectivity index (χ1) is 7.54. The van der Waals surface area contributed by atoms with Gasteiger partial charge in [0.15, 0.2) is 0 Å². The number of benzene rings is 1. The fraction of sp³-hybridized carbons (Fsp3) is 0.417. The standard InChI is InChI=1S/C12H17ClN2O/c1-8(2)7-15-9-4-5-11(13)10(6-9)12(16)14-3/h4-6,8,15H,7H2,1-3H3,(H,14,16). The molecule has 0 atom stereocenters. The molecule has 4 heteroatoms. The van der Waals surface area contributed by atoms with E-state index in [1.165, 1.54) is 0 Å². The Labute approximate surface area is 101 Å². The van der Waals surface area contributed by atoms with E-state index in [9.17, 15) is 4.79 Å². The summed E-state index contributed by atoms with van der Waals surface area (Å²) in [6.45, 7) is 5.12. The molecule has 0 fully saturated rings. The minimum atomic E-state index is -0.168. The van der Waals surface area contributed by atoms with Crippen molar-refractivity contribution in [3.05, 3.63) is 28.8 Å². The fourth-order valence-electron chi connectivity index (χ4n) is 1.27. The van der Waals surface area contributed by atoms with Crippen LogP contribution in [-0.4, -0.2) is 19.5 Å². The zero-order valence-corrected chi connectivity index (χ0v) is 10.6. The van der Waals surface area contributed by atoms with Gasteiger partial charge in [0.1, 0.15) is 0 Å². The Morgan fingerprint density at radius 1 is 1.44 bits per heavy atom. The minimum absolute atomic E-state index is 0.168. The first-order valence-electron chi connectivity index (χ1n) is 5.30. The summed E-state index contributed by atoms with van der Waals surface area (Å²) < 4.78 is 0. The van der Waals surface area contributed by atoms with Crippen molar-refractivity contribution in [3.63, 3.8) is 0 Å². The highest BCUT2D eigenvalue weighted by atomic mass is 35.5. The van der Waals surface area contributed by atoms with Gasteiger partial charge in [0.2, 0.25) is 0 Å². The quantitative estimate of drug-likeness (QED) is 0.850. The summed E-state index contributed by atoms with van der Waals surface area (Å²) in [6, 6.07) is 5.37. The van der Waals surface area contributed by atoms with Crippen LogP contribution in [0.2, 0.25) is 5.02 Å². The molecule has 3 nitrogen and oxygen atoms in total. The van der Waals surface area contributed by atoms with Crippen molar-refractivity contribution in [2.24, 2.45) is 5.92 Å². The van der Waals surface area contributed by atoms with E-state index in [4.69, 9.17) is 11.6 Å². The van der Waals surface area contributed by atoms with Crippen LogP contribution in [-0.2, 0) is 0 Å². The highest BCUT2D eigenvalue weighted by Gasteiger charge is 2.09. The maximum absolute atomic E-state index is 11.5. The van der Waals surface area contributed by atoms with Crippen LogP contribution in [0.4, 0.5) is 5.69 Å². The first kappa shape index (κ1) is 12.8. The maximum atomic E-state index is 11.5. The summed E-state index contributed by atoms with van der Waals surface area (Å²) in [5.41, 5.74) is 1.41. The summed E-state index contributed by atoms with van der Waals surface area (Å²) in [7, 11) is 1.59. The Balaban J connectivity index is 2.85. The average Bonchev–Trinajstić information content (AvgIpc) is 2.27. The van der Waals surface area contributed by atoms with Crippen molar-refractivity contribution in [1.29, 1.82) is 0 Å². The lowest BCUT2D eigenvalue weighted by Gasteiger charge is -2.11. The van der Waals surface area contributed by atoms with Gasteiger partial charge in [0, 0.05) is 19.3 Å². The topological polar surface area (TPSA) is 41.1 Å². The van der Waals surface area contributed by atoms with Gasteiger partial charge in [-0.1, -0.05) is 25.4 Å². The molecule has 0 saturated carbocycles. The maximum Gasteiger partial charge on any atom is 0.252 e. The second kappa shape index (κ2) is 5.75. The number of carbonyl (C=O) groups excluding carboxylic acids is 1. The molecule has 0 saturated heterocycles. The number of carbonyl (C=O) groups is 1. The third-order valence-corrected chi connectivity index (χ3v) is 2.48. The smallest absolute Gasteiger partial charge is 0.252 e. The highest BCUT2D eigenvalue weighted by molar-refractivity contribution is 6.34. The molecule has 0 unspecified atom stereocenters. The fourth-order valence-corrected chi connectivity index (χ4v) is 1.47. The van der Waals surface area contributed by atoms with Gasteiger partial charge < -0.3 is 10.6 Å². The third-order valence-electron chi connectivity index (χ3n) is 2.15. The van der Waals surface area contributed by atoms with Crippen molar-refractivity contribution in [1.82, 2.24) is 5.32 Å². The van der Waals surface area contributed by atoms with E-state index in [1.54, 1.807) is 19.2 Å². The van der Waals surface area contributed by atoms with E-state index >= 15 is 0 Å². The summed E-state index contributed by atoms with van der Waals surface area (Å²) in [5, 5.41) is 6.28. The van der Waals surface area contributed by atoms with Gasteiger partial charge in [-0.2, -0.15) is 0 Å². The second-order valence-electron chi connectivity index (χ2n) is 4.05. The Hall–Kier alpha value is -1.22. The van der Waals surface area contributed by atoms with Crippen LogP contribution >= 0.6 is 11.6 Å². The van der Waals surface area contributed by atoms with Crippen LogP contribution in [0.5, 0.6) is 0 Å². The van der Waals surface area contributed by atoms with Gasteiger partial charge >= 0.3 is 0 Å². The predicted molar refractivity (Wildman–Crippen MR) is 68.2 cm³/mol. The SMILES string of the molecule is CNC(=O)c1cc(NCC(C)C)ccc1Cl. The van der Waals surface area contributed by atoms with Crippen LogP contribution in [0.15, 0.2) is 18.2 Å². The van der Waals surface area contributed by atoms with Gasteiger partial charge in [-0.15, -0.1) is 0 Å². The summed E-state index contributed by atoms with van der Waals surface area (Å²) in [4.78, 5) is 11.5. The number of amides is 1. The Bertz CT molecular complexity index is 377. The van der Waals surface area contributed by atoms with E-state index in [2.05, 4.69) is 24.5 Å². The largest absolute Gasteiger partial charge is 0.385 e. The van der Waals surface area contributed by atoms with Crippen LogP contribution in [0.25, 0.3) is 0 Å². The minimum Gasteiger partial charge on any atom is -0.385 e. The molecule has 0 aliphatic rings. The van der Waals surface area contributed by atoms with E-state index in [1.807, 2.05) is 6.07 Å². The molecule has 2 N–H and O–H groups in total. The molecule has 88 valence electrons. The van der Waals surface area contributed by atoms with Crippen molar-refractivity contribution in [2.45, 2.75) is 13.8 Å². The average molecular weight is 241 g/mol. The van der Waals surface area contributed by atoms with Gasteiger partial charge in [-0.05, 0) is 24.1 Å². The Morgan fingerprint density at radius 2 is 2.12 bits per heavy atom. The van der Waals surface area contributed by atoms with Gasteiger partial charge in [0.05, 0.1) is 10.6 Å². The number of rotatable bonds is 4. The predicted octanol–water partition coefficient (Wildman–Crippen LogP) is 2.77. The zero-order valence-electron chi connectivity index (χ0n) is 9.80. The van der Waals surface area contributed by atoms with Crippen molar-refractivity contribution < 1.29 is 4.79 Å². The third kappa shape index (κ3) is 3.42. The lowest BCUT2D eigenvalue weighted by Crippen LogP contribution is -2.18. The molecular formula is C12H17ClN2O. The molecule has 0 radical (unpaired) electrons. The number of hydrogen-bond donors (Lipinski definition) is 2. The van der Waals surface area contributed by atoms with E-state index < -0.39 is 0 Å². The molecular weight excluding hydrogens is 224 g/mol. The number of halogens is 1. The number of nitrogens with one attached hydrogen (secondary N) is 2. The Kier molecular flexibility index (Phi) is 4.62. The summed E-state index contributed by atoms with van der Waals surface area (Å²) in [5.74, 6) is 0.386. The molecule has 0 heterocycles. The van der Waals surface area contributed by atoms with Crippen LogP contribution in [0.1, 0.15) is 24.2 Å². The van der Waals surface area contributed by atoms with E-state index in [-0.39, 0.29) is 5.91 Å². The van der Waals surface area contributed by atoms with Crippen molar-refractivity contribution in [2.75, 3.05) is 18.9 Å². The molecule has 0 bridgehead atoms. The summed E-state index contributed by atoms with van der Waals surface area (Å²) in [6.07, 6.45) is 0.